The van der Waals surface area contributed by atoms with E-state index in [4.69, 9.17) is 10.2 Å². The summed E-state index contributed by atoms with van der Waals surface area (Å²) in [5.41, 5.74) is -3.12. The van der Waals surface area contributed by atoms with E-state index in [1.165, 1.54) is 4.90 Å². The molecule has 49 heavy (non-hydrogen) atoms. The second-order valence-corrected chi connectivity index (χ2v) is 10.4. The Balaban J connectivity index is 1.66. The van der Waals surface area contributed by atoms with Crippen molar-refractivity contribution in [2.45, 2.75) is 19.3 Å². The second kappa shape index (κ2) is 15.7. The van der Waals surface area contributed by atoms with Gasteiger partial charge >= 0.3 is 17.9 Å². The van der Waals surface area contributed by atoms with Crippen molar-refractivity contribution in [3.8, 4) is 34.5 Å². The molecule has 3 aromatic rings. The Labute approximate surface area is 275 Å². The fourth-order valence-corrected chi connectivity index (χ4v) is 4.57. The van der Waals surface area contributed by atoms with Crippen LogP contribution < -0.4 is 10.6 Å². The topological polar surface area (TPSA) is 312 Å². The summed E-state index contributed by atoms with van der Waals surface area (Å²) in [5, 5.41) is 92.4. The first kappa shape index (κ1) is 36.7. The number of phenols is 6. The molecule has 0 aliphatic heterocycles. The normalized spacial score (nSPS) is 10.6. The molecule has 3 aromatic carbocycles. The number of rotatable bonds is 15. The Kier molecular flexibility index (Phi) is 11.8. The summed E-state index contributed by atoms with van der Waals surface area (Å²) >= 11 is 0. The minimum Gasteiger partial charge on any atom is -0.504 e. The number of phenolic OH excluding ortho intramolecular Hbond substituents is 3. The van der Waals surface area contributed by atoms with Gasteiger partial charge in [-0.25, -0.2) is 14.4 Å². The van der Waals surface area contributed by atoms with Crippen molar-refractivity contribution in [3.63, 3.8) is 0 Å². The van der Waals surface area contributed by atoms with Gasteiger partial charge in [-0.1, -0.05) is 0 Å². The average molecular weight is 686 g/mol. The number of nitrogens with one attached hydrogen (secondary N) is 2. The van der Waals surface area contributed by atoms with E-state index in [-0.39, 0.29) is 51.0 Å². The van der Waals surface area contributed by atoms with Gasteiger partial charge in [0.15, 0.2) is 34.5 Å². The molecule has 11 N–H and O–H groups in total. The minimum absolute atomic E-state index is 0.00580. The highest BCUT2D eigenvalue weighted by atomic mass is 16.4. The standard InChI is InChI=1S/C31H31N3O15/c35-20-14(4-7-17(23(20)38)29(44)45)26(41)32-10-1-2-12-34(28(43)16-6-9-19(31(48)49)25(40)22(16)37)13-3-11-33-27(42)15-5-8-18(30(46)47)24(39)21(15)36/h4-9,35-40H,1-3,10-13H2,(H,32,41)(H,33,42)(H,44,45)(H,46,47)(H,48,49). The largest absolute Gasteiger partial charge is 0.504 e. The number of hydrogen-bond acceptors (Lipinski definition) is 12. The van der Waals surface area contributed by atoms with Gasteiger partial charge < -0.3 is 61.5 Å². The first-order valence-electron chi connectivity index (χ1n) is 14.3. The highest BCUT2D eigenvalue weighted by Crippen LogP contribution is 2.35. The van der Waals surface area contributed by atoms with Crippen LogP contribution >= 0.6 is 0 Å². The number of nitrogens with zero attached hydrogens (tertiary/aromatic N) is 1. The van der Waals surface area contributed by atoms with E-state index in [0.29, 0.717) is 0 Å². The molecule has 0 fully saturated rings. The van der Waals surface area contributed by atoms with Crippen molar-refractivity contribution >= 4 is 35.6 Å². The molecule has 0 atom stereocenters. The molecular weight excluding hydrogens is 654 g/mol. The summed E-state index contributed by atoms with van der Waals surface area (Å²) < 4.78 is 0. The molecule has 18 nitrogen and oxygen atoms in total. The number of amides is 3. The number of carbonyl (C=O) groups excluding carboxylic acids is 3. The third kappa shape index (κ3) is 8.36. The van der Waals surface area contributed by atoms with Crippen LogP contribution in [0.2, 0.25) is 0 Å². The van der Waals surface area contributed by atoms with E-state index in [2.05, 4.69) is 10.6 Å². The molecule has 0 aliphatic carbocycles. The highest BCUT2D eigenvalue weighted by molar-refractivity contribution is 6.02. The highest BCUT2D eigenvalue weighted by Gasteiger charge is 2.25. The Bertz CT molecular complexity index is 1820. The lowest BCUT2D eigenvalue weighted by Gasteiger charge is -2.24. The SMILES string of the molecule is O=C(O)c1ccc(C(=O)NCCCCN(CCCNC(=O)c2ccc(C(=O)O)c(O)c2O)C(=O)c2ccc(C(=O)O)c(O)c2O)c(O)c1O. The van der Waals surface area contributed by atoms with Crippen LogP contribution in [-0.2, 0) is 0 Å². The van der Waals surface area contributed by atoms with E-state index < -0.39 is 97.9 Å². The molecule has 0 saturated carbocycles. The molecule has 0 spiro atoms. The lowest BCUT2D eigenvalue weighted by molar-refractivity contribution is 0.0681. The van der Waals surface area contributed by atoms with E-state index in [9.17, 15) is 64.5 Å². The van der Waals surface area contributed by atoms with Gasteiger partial charge in [0.05, 0.1) is 16.7 Å². The summed E-state index contributed by atoms with van der Waals surface area (Å²) in [4.78, 5) is 73.1. The lowest BCUT2D eigenvalue weighted by Crippen LogP contribution is -2.35. The van der Waals surface area contributed by atoms with Gasteiger partial charge in [0.1, 0.15) is 16.7 Å². The van der Waals surface area contributed by atoms with Gasteiger partial charge in [0.25, 0.3) is 17.7 Å². The monoisotopic (exact) mass is 685 g/mol. The van der Waals surface area contributed by atoms with E-state index in [0.717, 1.165) is 36.4 Å². The van der Waals surface area contributed by atoms with Gasteiger partial charge in [-0.2, -0.15) is 0 Å². The Morgan fingerprint density at radius 2 is 0.755 bits per heavy atom. The summed E-state index contributed by atoms with van der Waals surface area (Å²) in [7, 11) is 0. The fourth-order valence-electron chi connectivity index (χ4n) is 4.57. The number of unbranched alkanes of at least 4 members (excludes halogenated alkanes) is 1. The number of carboxylic acid groups (broad SMARTS) is 3. The predicted molar refractivity (Wildman–Crippen MR) is 165 cm³/mol. The number of hydrogen-bond donors (Lipinski definition) is 11. The Morgan fingerprint density at radius 3 is 1.16 bits per heavy atom. The van der Waals surface area contributed by atoms with Crippen LogP contribution in [0.25, 0.3) is 0 Å². The maximum absolute atomic E-state index is 13.4. The maximum atomic E-state index is 13.4. The molecular formula is C31H31N3O15. The molecule has 0 saturated heterocycles. The number of carboxylic acids is 3. The third-order valence-electron chi connectivity index (χ3n) is 7.18. The van der Waals surface area contributed by atoms with Crippen molar-refractivity contribution in [1.82, 2.24) is 15.5 Å². The number of aromatic hydroxyl groups is 6. The van der Waals surface area contributed by atoms with Crippen LogP contribution in [0, 0.1) is 0 Å². The molecule has 3 amide bonds. The van der Waals surface area contributed by atoms with E-state index in [1.54, 1.807) is 0 Å². The molecule has 0 bridgehead atoms. The number of carbonyl (C=O) groups is 6. The number of aromatic carboxylic acids is 3. The lowest BCUT2D eigenvalue weighted by atomic mass is 10.1. The van der Waals surface area contributed by atoms with Crippen molar-refractivity contribution in [1.29, 1.82) is 0 Å². The van der Waals surface area contributed by atoms with Crippen LogP contribution in [0.1, 0.15) is 81.4 Å². The zero-order chi connectivity index (χ0) is 36.6. The summed E-state index contributed by atoms with van der Waals surface area (Å²) in [5.74, 6) is -13.0. The molecule has 0 heterocycles. The zero-order valence-corrected chi connectivity index (χ0v) is 25.3. The summed E-state index contributed by atoms with van der Waals surface area (Å²) in [6.07, 6.45) is 0.524. The molecule has 0 unspecified atom stereocenters. The molecule has 18 heteroatoms. The maximum Gasteiger partial charge on any atom is 0.339 e. The quantitative estimate of drug-likeness (QED) is 0.0797. The van der Waals surface area contributed by atoms with Gasteiger partial charge in [-0.15, -0.1) is 0 Å². The van der Waals surface area contributed by atoms with Crippen molar-refractivity contribution < 1.29 is 74.7 Å². The van der Waals surface area contributed by atoms with Crippen molar-refractivity contribution in [2.75, 3.05) is 26.2 Å². The molecule has 0 radical (unpaired) electrons. The van der Waals surface area contributed by atoms with Gasteiger partial charge in [-0.05, 0) is 55.7 Å². The van der Waals surface area contributed by atoms with Crippen LogP contribution in [0.15, 0.2) is 36.4 Å². The smallest absolute Gasteiger partial charge is 0.339 e. The second-order valence-electron chi connectivity index (χ2n) is 10.4. The van der Waals surface area contributed by atoms with Crippen LogP contribution in [0.5, 0.6) is 34.5 Å². The number of benzene rings is 3. The fraction of sp³-hybridized carbons (Fsp3) is 0.226. The Morgan fingerprint density at radius 1 is 0.449 bits per heavy atom. The first-order valence-corrected chi connectivity index (χ1v) is 14.3. The summed E-state index contributed by atoms with van der Waals surface area (Å²) in [6, 6.07) is 5.80. The third-order valence-corrected chi connectivity index (χ3v) is 7.18. The van der Waals surface area contributed by atoms with Crippen molar-refractivity contribution in [3.05, 3.63) is 69.8 Å². The molecule has 0 aliphatic rings. The minimum atomic E-state index is -1.56. The van der Waals surface area contributed by atoms with Crippen LogP contribution in [0.3, 0.4) is 0 Å². The van der Waals surface area contributed by atoms with Crippen LogP contribution in [0.4, 0.5) is 0 Å². The molecule has 0 aromatic heterocycles. The summed E-state index contributed by atoms with van der Waals surface area (Å²) in [6.45, 7) is -0.210. The molecule has 260 valence electrons. The predicted octanol–water partition coefficient (Wildman–Crippen LogP) is 1.49. The first-order chi connectivity index (χ1) is 23.1. The van der Waals surface area contributed by atoms with Gasteiger partial charge in [-0.3, -0.25) is 14.4 Å². The average Bonchev–Trinajstić information content (AvgIpc) is 3.04. The van der Waals surface area contributed by atoms with Crippen LogP contribution in [-0.4, -0.2) is 113 Å². The Hall–Kier alpha value is -6.72. The van der Waals surface area contributed by atoms with Gasteiger partial charge in [0, 0.05) is 26.2 Å². The zero-order valence-electron chi connectivity index (χ0n) is 25.3. The van der Waals surface area contributed by atoms with E-state index >= 15 is 0 Å². The van der Waals surface area contributed by atoms with E-state index in [1.807, 2.05) is 0 Å². The van der Waals surface area contributed by atoms with Crippen molar-refractivity contribution in [2.24, 2.45) is 0 Å². The molecule has 3 rings (SSSR count). The van der Waals surface area contributed by atoms with Gasteiger partial charge in [0.2, 0.25) is 0 Å².